The first-order chi connectivity index (χ1) is 7.78. The van der Waals surface area contributed by atoms with E-state index >= 15 is 0 Å². The number of fused-ring (bicyclic) bond motifs is 3. The van der Waals surface area contributed by atoms with Crippen LogP contribution < -0.4 is 9.64 Å². The van der Waals surface area contributed by atoms with Gasteiger partial charge >= 0.3 is 0 Å². The Hall–Kier alpha value is -1.29. The molecule has 0 spiro atoms. The van der Waals surface area contributed by atoms with Gasteiger partial charge in [-0.3, -0.25) is 0 Å². The monoisotopic (exact) mass is 219 g/mol. The quantitative estimate of drug-likeness (QED) is 0.697. The lowest BCUT2D eigenvalue weighted by Gasteiger charge is -2.37. The maximum absolute atomic E-state index is 5.17. The number of ether oxygens (including phenoxy) is 1. The third kappa shape index (κ3) is 1.45. The first-order valence-corrected chi connectivity index (χ1v) is 5.76. The molecule has 1 saturated heterocycles. The molecule has 0 radical (unpaired) electrons. The van der Waals surface area contributed by atoms with Gasteiger partial charge in [0.1, 0.15) is 0 Å². The molecule has 86 valence electrons. The number of piperazine rings is 1. The van der Waals surface area contributed by atoms with E-state index in [0.717, 1.165) is 31.9 Å². The van der Waals surface area contributed by atoms with Gasteiger partial charge in [0.05, 0.1) is 19.0 Å². The smallest absolute Gasteiger partial charge is 0.213 e. The van der Waals surface area contributed by atoms with Crippen LogP contribution in [0.5, 0.6) is 5.88 Å². The molecule has 0 aliphatic carbocycles. The van der Waals surface area contributed by atoms with Crippen molar-refractivity contribution in [2.75, 3.05) is 38.7 Å². The lowest BCUT2D eigenvalue weighted by Crippen LogP contribution is -2.50. The molecule has 16 heavy (non-hydrogen) atoms. The summed E-state index contributed by atoms with van der Waals surface area (Å²) in [5.41, 5.74) is 2.69. The number of anilines is 1. The Labute approximate surface area is 95.8 Å². The lowest BCUT2D eigenvalue weighted by molar-refractivity contribution is 0.273. The van der Waals surface area contributed by atoms with E-state index in [2.05, 4.69) is 27.9 Å². The van der Waals surface area contributed by atoms with Crippen LogP contribution in [-0.4, -0.2) is 49.7 Å². The van der Waals surface area contributed by atoms with Gasteiger partial charge in [-0.05, 0) is 19.0 Å². The number of likely N-dealkylation sites (N-methyl/N-ethyl adjacent to an activating group) is 1. The molecule has 1 unspecified atom stereocenters. The summed E-state index contributed by atoms with van der Waals surface area (Å²) in [6.45, 7) is 3.40. The minimum Gasteiger partial charge on any atom is -0.481 e. The number of rotatable bonds is 1. The van der Waals surface area contributed by atoms with E-state index in [0.29, 0.717) is 6.04 Å². The Bertz CT molecular complexity index is 407. The van der Waals surface area contributed by atoms with E-state index in [-0.39, 0.29) is 0 Å². The molecule has 3 heterocycles. The summed E-state index contributed by atoms with van der Waals surface area (Å²) in [5, 5.41) is 0. The molecule has 0 saturated carbocycles. The molecule has 4 nitrogen and oxygen atoms in total. The van der Waals surface area contributed by atoms with E-state index in [1.165, 1.54) is 11.3 Å². The summed E-state index contributed by atoms with van der Waals surface area (Å²) in [4.78, 5) is 9.19. The molecule has 1 atom stereocenters. The van der Waals surface area contributed by atoms with E-state index in [1.807, 2.05) is 6.20 Å². The van der Waals surface area contributed by atoms with Crippen molar-refractivity contribution in [3.8, 4) is 5.88 Å². The van der Waals surface area contributed by atoms with Crippen molar-refractivity contribution in [1.82, 2.24) is 9.88 Å². The number of hydrogen-bond acceptors (Lipinski definition) is 4. The van der Waals surface area contributed by atoms with Gasteiger partial charge in [-0.25, -0.2) is 4.98 Å². The summed E-state index contributed by atoms with van der Waals surface area (Å²) in [5.74, 6) is 0.729. The molecule has 3 rings (SSSR count). The van der Waals surface area contributed by atoms with Crippen molar-refractivity contribution in [1.29, 1.82) is 0 Å². The summed E-state index contributed by atoms with van der Waals surface area (Å²) >= 11 is 0. The topological polar surface area (TPSA) is 28.6 Å². The lowest BCUT2D eigenvalue weighted by atomic mass is 10.1. The van der Waals surface area contributed by atoms with Crippen LogP contribution in [0.3, 0.4) is 0 Å². The third-order valence-electron chi connectivity index (χ3n) is 3.60. The van der Waals surface area contributed by atoms with Gasteiger partial charge in [0, 0.05) is 31.7 Å². The molecule has 1 fully saturated rings. The molecule has 4 heteroatoms. The standard InChI is InChI=1S/C12H17N3O/c1-14-3-4-15-10(8-14)5-9-6-12(16-2)13-7-11(9)15/h6-7,10H,3-5,8H2,1-2H3. The zero-order valence-corrected chi connectivity index (χ0v) is 9.81. The fraction of sp³-hybridized carbons (Fsp3) is 0.583. The van der Waals surface area contributed by atoms with Gasteiger partial charge in [-0.15, -0.1) is 0 Å². The van der Waals surface area contributed by atoms with Crippen molar-refractivity contribution in [2.24, 2.45) is 0 Å². The van der Waals surface area contributed by atoms with Crippen LogP contribution in [0, 0.1) is 0 Å². The molecule has 2 aliphatic heterocycles. The van der Waals surface area contributed by atoms with Gasteiger partial charge in [-0.1, -0.05) is 0 Å². The average molecular weight is 219 g/mol. The van der Waals surface area contributed by atoms with Gasteiger partial charge in [0.15, 0.2) is 0 Å². The molecule has 1 aromatic heterocycles. The number of nitrogens with zero attached hydrogens (tertiary/aromatic N) is 3. The van der Waals surface area contributed by atoms with Crippen molar-refractivity contribution in [3.05, 3.63) is 17.8 Å². The molecular formula is C12H17N3O. The minimum atomic E-state index is 0.627. The highest BCUT2D eigenvalue weighted by molar-refractivity contribution is 5.59. The maximum Gasteiger partial charge on any atom is 0.213 e. The van der Waals surface area contributed by atoms with Gasteiger partial charge in [0.2, 0.25) is 5.88 Å². The molecule has 1 aromatic rings. The normalized spacial score (nSPS) is 24.1. The van der Waals surface area contributed by atoms with Crippen LogP contribution in [0.4, 0.5) is 5.69 Å². The Morgan fingerprint density at radius 2 is 2.31 bits per heavy atom. The summed E-state index contributed by atoms with van der Waals surface area (Å²) in [6.07, 6.45) is 3.08. The largest absolute Gasteiger partial charge is 0.481 e. The molecule has 0 aromatic carbocycles. The Kier molecular flexibility index (Phi) is 2.24. The van der Waals surface area contributed by atoms with E-state index < -0.39 is 0 Å². The molecular weight excluding hydrogens is 202 g/mol. The van der Waals surface area contributed by atoms with Crippen LogP contribution >= 0.6 is 0 Å². The number of pyridine rings is 1. The summed E-state index contributed by atoms with van der Waals surface area (Å²) < 4.78 is 5.17. The van der Waals surface area contributed by atoms with E-state index in [1.54, 1.807) is 7.11 Å². The molecule has 2 aliphatic rings. The SMILES string of the molecule is COc1cc2c(cn1)N1CCN(C)CC1C2. The Morgan fingerprint density at radius 1 is 1.44 bits per heavy atom. The number of aromatic nitrogens is 1. The fourth-order valence-electron chi connectivity index (χ4n) is 2.76. The molecule has 0 amide bonds. The van der Waals surface area contributed by atoms with Crippen LogP contribution in [0.15, 0.2) is 12.3 Å². The summed E-state index contributed by atoms with van der Waals surface area (Å²) in [6, 6.07) is 2.70. The Morgan fingerprint density at radius 3 is 3.12 bits per heavy atom. The van der Waals surface area contributed by atoms with E-state index in [9.17, 15) is 0 Å². The zero-order chi connectivity index (χ0) is 11.1. The highest BCUT2D eigenvalue weighted by atomic mass is 16.5. The van der Waals surface area contributed by atoms with E-state index in [4.69, 9.17) is 4.74 Å². The summed E-state index contributed by atoms with van der Waals surface area (Å²) in [7, 11) is 3.87. The van der Waals surface area contributed by atoms with Crippen LogP contribution in [0.2, 0.25) is 0 Å². The van der Waals surface area contributed by atoms with Crippen LogP contribution in [0.1, 0.15) is 5.56 Å². The second-order valence-electron chi connectivity index (χ2n) is 4.67. The van der Waals surface area contributed by atoms with Crippen LogP contribution in [-0.2, 0) is 6.42 Å². The minimum absolute atomic E-state index is 0.627. The van der Waals surface area contributed by atoms with Crippen molar-refractivity contribution < 1.29 is 4.74 Å². The van der Waals surface area contributed by atoms with Crippen molar-refractivity contribution in [3.63, 3.8) is 0 Å². The van der Waals surface area contributed by atoms with Gasteiger partial charge in [-0.2, -0.15) is 0 Å². The van der Waals surface area contributed by atoms with Crippen molar-refractivity contribution in [2.45, 2.75) is 12.5 Å². The second kappa shape index (κ2) is 3.63. The van der Waals surface area contributed by atoms with Crippen LogP contribution in [0.25, 0.3) is 0 Å². The fourth-order valence-corrected chi connectivity index (χ4v) is 2.76. The molecule has 0 bridgehead atoms. The predicted octanol–water partition coefficient (Wildman–Crippen LogP) is 0.767. The van der Waals surface area contributed by atoms with Gasteiger partial charge in [0.25, 0.3) is 0 Å². The number of methoxy groups -OCH3 is 1. The Balaban J connectivity index is 1.92. The molecule has 0 N–H and O–H groups in total. The average Bonchev–Trinajstić information content (AvgIpc) is 2.64. The predicted molar refractivity (Wildman–Crippen MR) is 63.1 cm³/mol. The maximum atomic E-state index is 5.17. The highest BCUT2D eigenvalue weighted by Crippen LogP contribution is 2.34. The second-order valence-corrected chi connectivity index (χ2v) is 4.67. The zero-order valence-electron chi connectivity index (χ0n) is 9.81. The van der Waals surface area contributed by atoms with Crippen molar-refractivity contribution >= 4 is 5.69 Å². The van der Waals surface area contributed by atoms with Gasteiger partial charge < -0.3 is 14.5 Å². The number of hydrogen-bond donors (Lipinski definition) is 0. The first-order valence-electron chi connectivity index (χ1n) is 5.76. The first kappa shape index (κ1) is 9.90. The third-order valence-corrected chi connectivity index (χ3v) is 3.60. The highest BCUT2D eigenvalue weighted by Gasteiger charge is 2.33.